The minimum Gasteiger partial charge on any atom is -0.456 e. The van der Waals surface area contributed by atoms with Gasteiger partial charge in [-0.25, -0.2) is 9.78 Å². The van der Waals surface area contributed by atoms with E-state index < -0.39 is 0 Å². The predicted octanol–water partition coefficient (Wildman–Crippen LogP) is 3.06. The number of carbonyl (C=O) groups excluding carboxylic acids is 1. The number of nitrogens with zero attached hydrogens (tertiary/aromatic N) is 1. The maximum Gasteiger partial charge on any atom is 0.357 e. The Kier molecular flexibility index (Phi) is 3.72. The molecule has 18 heavy (non-hydrogen) atoms. The highest BCUT2D eigenvalue weighted by molar-refractivity contribution is 5.88. The molecule has 0 aliphatic rings. The molecule has 0 atom stereocenters. The quantitative estimate of drug-likeness (QED) is 0.775. The molecule has 1 aromatic heterocycles. The number of carbonyl (C=O) groups is 1. The van der Waals surface area contributed by atoms with Crippen LogP contribution < -0.4 is 0 Å². The first-order valence-corrected chi connectivity index (χ1v) is 5.81. The normalized spacial score (nSPS) is 10.1. The molecule has 0 aliphatic carbocycles. The van der Waals surface area contributed by atoms with Crippen LogP contribution in [-0.2, 0) is 11.3 Å². The number of hydrogen-bond donors (Lipinski definition) is 0. The molecule has 1 heterocycles. The molecule has 92 valence electrons. The van der Waals surface area contributed by atoms with Crippen molar-refractivity contribution < 1.29 is 9.53 Å². The van der Waals surface area contributed by atoms with E-state index in [-0.39, 0.29) is 12.6 Å². The van der Waals surface area contributed by atoms with Crippen LogP contribution in [0.1, 0.15) is 27.2 Å². The van der Waals surface area contributed by atoms with Gasteiger partial charge in [-0.1, -0.05) is 36.4 Å². The Morgan fingerprint density at radius 3 is 2.61 bits per heavy atom. The minimum absolute atomic E-state index is 0.272. The summed E-state index contributed by atoms with van der Waals surface area (Å²) in [7, 11) is 0. The molecule has 3 nitrogen and oxygen atoms in total. The number of ether oxygens (including phenoxy) is 1. The van der Waals surface area contributed by atoms with Crippen LogP contribution in [0.5, 0.6) is 0 Å². The summed E-state index contributed by atoms with van der Waals surface area (Å²) in [5.41, 5.74) is 3.23. The van der Waals surface area contributed by atoms with E-state index in [9.17, 15) is 4.79 Å². The van der Waals surface area contributed by atoms with Crippen LogP contribution in [0.4, 0.5) is 0 Å². The summed E-state index contributed by atoms with van der Waals surface area (Å²) in [6.07, 6.45) is 1.67. The number of aryl methyl sites for hydroxylation is 2. The fourth-order valence-electron chi connectivity index (χ4n) is 1.72. The number of pyridine rings is 1. The Morgan fingerprint density at radius 2 is 1.94 bits per heavy atom. The van der Waals surface area contributed by atoms with Gasteiger partial charge in [0.2, 0.25) is 0 Å². The Morgan fingerprint density at radius 1 is 1.22 bits per heavy atom. The fourth-order valence-corrected chi connectivity index (χ4v) is 1.72. The molecule has 0 radical (unpaired) electrons. The van der Waals surface area contributed by atoms with E-state index in [0.717, 1.165) is 16.7 Å². The molecule has 0 amide bonds. The van der Waals surface area contributed by atoms with Gasteiger partial charge in [0.05, 0.1) is 0 Å². The van der Waals surface area contributed by atoms with E-state index in [0.29, 0.717) is 5.69 Å². The first kappa shape index (κ1) is 12.3. The Balaban J connectivity index is 2.04. The third-order valence-electron chi connectivity index (χ3n) is 2.62. The van der Waals surface area contributed by atoms with Gasteiger partial charge in [0.1, 0.15) is 6.61 Å². The van der Waals surface area contributed by atoms with Crippen molar-refractivity contribution in [3.63, 3.8) is 0 Å². The van der Waals surface area contributed by atoms with Crippen LogP contribution in [0.3, 0.4) is 0 Å². The van der Waals surface area contributed by atoms with Crippen molar-refractivity contribution in [2.75, 3.05) is 0 Å². The van der Waals surface area contributed by atoms with Crippen molar-refractivity contribution in [1.29, 1.82) is 0 Å². The molecule has 0 saturated carbocycles. The van der Waals surface area contributed by atoms with E-state index in [1.54, 1.807) is 6.20 Å². The van der Waals surface area contributed by atoms with Crippen molar-refractivity contribution in [3.05, 3.63) is 65.0 Å². The summed E-state index contributed by atoms with van der Waals surface area (Å²) < 4.78 is 5.23. The van der Waals surface area contributed by atoms with Crippen LogP contribution >= 0.6 is 0 Å². The number of rotatable bonds is 3. The highest BCUT2D eigenvalue weighted by atomic mass is 16.5. The third kappa shape index (κ3) is 2.94. The lowest BCUT2D eigenvalue weighted by Crippen LogP contribution is -2.09. The monoisotopic (exact) mass is 241 g/mol. The molecule has 0 spiro atoms. The van der Waals surface area contributed by atoms with Gasteiger partial charge in [0.25, 0.3) is 0 Å². The highest BCUT2D eigenvalue weighted by Gasteiger charge is 2.12. The lowest BCUT2D eigenvalue weighted by Gasteiger charge is -2.06. The molecular formula is C15H15NO2. The topological polar surface area (TPSA) is 39.2 Å². The van der Waals surface area contributed by atoms with Gasteiger partial charge in [-0.05, 0) is 30.5 Å². The summed E-state index contributed by atoms with van der Waals surface area (Å²) in [5, 5.41) is 0. The van der Waals surface area contributed by atoms with Crippen molar-refractivity contribution in [2.24, 2.45) is 0 Å². The lowest BCUT2D eigenvalue weighted by atomic mass is 10.1. The van der Waals surface area contributed by atoms with Gasteiger partial charge < -0.3 is 4.74 Å². The largest absolute Gasteiger partial charge is 0.456 e. The van der Waals surface area contributed by atoms with Crippen LogP contribution in [-0.4, -0.2) is 11.0 Å². The molecule has 0 fully saturated rings. The first-order valence-electron chi connectivity index (χ1n) is 5.81. The van der Waals surface area contributed by atoms with Crippen LogP contribution in [0.15, 0.2) is 42.6 Å². The molecule has 0 saturated heterocycles. The van der Waals surface area contributed by atoms with E-state index in [2.05, 4.69) is 4.98 Å². The Bertz CT molecular complexity index is 550. The Labute approximate surface area is 106 Å². The standard InChI is InChI=1S/C15H15NO2/c1-11-8-12(2)14(16-9-11)15(17)18-10-13-6-4-3-5-7-13/h3-9H,10H2,1-2H3. The zero-order valence-electron chi connectivity index (χ0n) is 10.5. The Hall–Kier alpha value is -2.16. The number of benzene rings is 1. The first-order chi connectivity index (χ1) is 8.66. The molecule has 0 N–H and O–H groups in total. The second-order valence-corrected chi connectivity index (χ2v) is 4.24. The van der Waals surface area contributed by atoms with E-state index in [4.69, 9.17) is 4.74 Å². The fraction of sp³-hybridized carbons (Fsp3) is 0.200. The molecular weight excluding hydrogens is 226 g/mol. The molecule has 2 rings (SSSR count). The predicted molar refractivity (Wildman–Crippen MR) is 69.3 cm³/mol. The molecule has 0 unspecified atom stereocenters. The SMILES string of the molecule is Cc1cnc(C(=O)OCc2ccccc2)c(C)c1. The smallest absolute Gasteiger partial charge is 0.357 e. The van der Waals surface area contributed by atoms with Crippen LogP contribution in [0, 0.1) is 13.8 Å². The second kappa shape index (κ2) is 5.45. The number of aromatic nitrogens is 1. The number of esters is 1. The summed E-state index contributed by atoms with van der Waals surface area (Å²) in [6, 6.07) is 11.5. The van der Waals surface area contributed by atoms with E-state index in [1.807, 2.05) is 50.2 Å². The van der Waals surface area contributed by atoms with Crippen molar-refractivity contribution in [3.8, 4) is 0 Å². The van der Waals surface area contributed by atoms with Gasteiger partial charge in [0, 0.05) is 6.20 Å². The summed E-state index contributed by atoms with van der Waals surface area (Å²) in [4.78, 5) is 16.0. The zero-order chi connectivity index (χ0) is 13.0. The van der Waals surface area contributed by atoms with Crippen molar-refractivity contribution in [2.45, 2.75) is 20.5 Å². The van der Waals surface area contributed by atoms with Crippen molar-refractivity contribution >= 4 is 5.97 Å². The van der Waals surface area contributed by atoms with Crippen LogP contribution in [0.25, 0.3) is 0 Å². The molecule has 3 heteroatoms. The molecule has 0 aliphatic heterocycles. The average Bonchev–Trinajstić information content (AvgIpc) is 2.37. The van der Waals surface area contributed by atoms with Gasteiger partial charge in [-0.15, -0.1) is 0 Å². The minimum atomic E-state index is -0.378. The highest BCUT2D eigenvalue weighted by Crippen LogP contribution is 2.10. The van der Waals surface area contributed by atoms with Gasteiger partial charge in [-0.3, -0.25) is 0 Å². The zero-order valence-corrected chi connectivity index (χ0v) is 10.5. The second-order valence-electron chi connectivity index (χ2n) is 4.24. The van der Waals surface area contributed by atoms with Crippen LogP contribution in [0.2, 0.25) is 0 Å². The molecule has 0 bridgehead atoms. The van der Waals surface area contributed by atoms with Gasteiger partial charge >= 0.3 is 5.97 Å². The third-order valence-corrected chi connectivity index (χ3v) is 2.62. The summed E-state index contributed by atoms with van der Waals surface area (Å²) >= 11 is 0. The molecule has 2 aromatic rings. The average molecular weight is 241 g/mol. The number of hydrogen-bond acceptors (Lipinski definition) is 3. The van der Waals surface area contributed by atoms with Gasteiger partial charge in [-0.2, -0.15) is 0 Å². The van der Waals surface area contributed by atoms with E-state index in [1.165, 1.54) is 0 Å². The summed E-state index contributed by atoms with van der Waals surface area (Å²) in [6.45, 7) is 4.08. The molecule has 1 aromatic carbocycles. The lowest BCUT2D eigenvalue weighted by molar-refractivity contribution is 0.0465. The maximum absolute atomic E-state index is 11.9. The maximum atomic E-state index is 11.9. The van der Waals surface area contributed by atoms with E-state index >= 15 is 0 Å². The summed E-state index contributed by atoms with van der Waals surface area (Å²) in [5.74, 6) is -0.378. The van der Waals surface area contributed by atoms with Gasteiger partial charge in [0.15, 0.2) is 5.69 Å². The van der Waals surface area contributed by atoms with Crippen molar-refractivity contribution in [1.82, 2.24) is 4.98 Å².